The van der Waals surface area contributed by atoms with Crippen LogP contribution in [0.2, 0.25) is 0 Å². The molecule has 2 aromatic rings. The summed E-state index contributed by atoms with van der Waals surface area (Å²) in [6, 6.07) is 8.97. The molecule has 0 spiro atoms. The zero-order valence-electron chi connectivity index (χ0n) is 10.9. The van der Waals surface area contributed by atoms with Crippen molar-refractivity contribution in [3.8, 4) is 23.0 Å². The van der Waals surface area contributed by atoms with E-state index in [0.29, 0.717) is 0 Å². The molecule has 2 aromatic carbocycles. The van der Waals surface area contributed by atoms with Gasteiger partial charge in [0.05, 0.1) is 11.3 Å². The van der Waals surface area contributed by atoms with Gasteiger partial charge >= 0.3 is 0 Å². The maximum atomic E-state index is 9.87. The minimum Gasteiger partial charge on any atom is -0.508 e. The molecule has 0 aliphatic carbocycles. The fraction of sp³-hybridized carbons (Fsp3) is 0.133. The van der Waals surface area contributed by atoms with E-state index in [1.165, 1.54) is 18.2 Å². The molecule has 0 radical (unpaired) electrons. The van der Waals surface area contributed by atoms with Crippen LogP contribution in [-0.2, 0) is 0 Å². The Morgan fingerprint density at radius 3 is 2.38 bits per heavy atom. The van der Waals surface area contributed by atoms with Gasteiger partial charge in [-0.05, 0) is 17.7 Å². The highest BCUT2D eigenvalue weighted by atomic mass is 16.5. The van der Waals surface area contributed by atoms with Gasteiger partial charge in [0.1, 0.15) is 29.1 Å². The third-order valence-corrected chi connectivity index (χ3v) is 3.39. The highest BCUT2D eigenvalue weighted by Gasteiger charge is 2.29. The van der Waals surface area contributed by atoms with Crippen LogP contribution in [0.5, 0.6) is 23.0 Å². The van der Waals surface area contributed by atoms with Gasteiger partial charge in [-0.1, -0.05) is 17.3 Å². The molecule has 0 amide bonds. The van der Waals surface area contributed by atoms with Crippen LogP contribution >= 0.6 is 0 Å². The Kier molecular flexibility index (Phi) is 3.06. The van der Waals surface area contributed by atoms with Crippen molar-refractivity contribution in [3.05, 3.63) is 47.5 Å². The van der Waals surface area contributed by atoms with Crippen LogP contribution in [0.3, 0.4) is 0 Å². The van der Waals surface area contributed by atoms with Gasteiger partial charge in [0, 0.05) is 18.6 Å². The van der Waals surface area contributed by atoms with Gasteiger partial charge < -0.3 is 25.3 Å². The van der Waals surface area contributed by atoms with E-state index in [2.05, 4.69) is 5.16 Å². The summed E-state index contributed by atoms with van der Waals surface area (Å²) in [7, 11) is 0. The number of ether oxygens (including phenoxy) is 1. The van der Waals surface area contributed by atoms with E-state index < -0.39 is 6.10 Å². The topological polar surface area (TPSA) is 103 Å². The summed E-state index contributed by atoms with van der Waals surface area (Å²) in [5, 5.41) is 41.1. The second-order valence-corrected chi connectivity index (χ2v) is 4.79. The average molecular weight is 287 g/mol. The van der Waals surface area contributed by atoms with Crippen molar-refractivity contribution in [2.75, 3.05) is 0 Å². The molecule has 1 heterocycles. The van der Waals surface area contributed by atoms with E-state index in [0.717, 1.165) is 11.6 Å². The first-order valence-electron chi connectivity index (χ1n) is 6.31. The zero-order chi connectivity index (χ0) is 15.0. The monoisotopic (exact) mass is 287 g/mol. The Bertz CT molecular complexity index is 709. The standard InChI is InChI=1S/C15H13NO5/c17-9-3-1-8(2-4-9)13-7-11(16-20)15-12(19)5-10(18)6-14(15)21-13/h1-6,13,17-20H,7H2/b16-11-. The molecule has 1 unspecified atom stereocenters. The minimum absolute atomic E-state index is 0.140. The molecular formula is C15H13NO5. The van der Waals surface area contributed by atoms with Crippen LogP contribution in [0, 0.1) is 0 Å². The summed E-state index contributed by atoms with van der Waals surface area (Å²) >= 11 is 0. The predicted molar refractivity (Wildman–Crippen MR) is 74.2 cm³/mol. The summed E-state index contributed by atoms with van der Waals surface area (Å²) in [5.74, 6) is 0.0303. The van der Waals surface area contributed by atoms with Crippen molar-refractivity contribution in [1.82, 2.24) is 0 Å². The molecule has 6 heteroatoms. The van der Waals surface area contributed by atoms with Crippen molar-refractivity contribution in [1.29, 1.82) is 0 Å². The molecule has 0 fully saturated rings. The largest absolute Gasteiger partial charge is 0.508 e. The molecule has 1 atom stereocenters. The fourth-order valence-corrected chi connectivity index (χ4v) is 2.41. The molecule has 4 N–H and O–H groups in total. The van der Waals surface area contributed by atoms with Gasteiger partial charge in [-0.25, -0.2) is 0 Å². The Balaban J connectivity index is 2.04. The molecule has 0 bridgehead atoms. The Morgan fingerprint density at radius 2 is 1.71 bits per heavy atom. The van der Waals surface area contributed by atoms with E-state index in [1.54, 1.807) is 12.1 Å². The van der Waals surface area contributed by atoms with Gasteiger partial charge in [0.15, 0.2) is 0 Å². The van der Waals surface area contributed by atoms with E-state index in [1.807, 2.05) is 0 Å². The molecule has 0 saturated heterocycles. The highest BCUT2D eigenvalue weighted by Crippen LogP contribution is 2.42. The molecular weight excluding hydrogens is 274 g/mol. The number of benzene rings is 2. The zero-order valence-corrected chi connectivity index (χ0v) is 10.9. The Labute approximate surface area is 120 Å². The number of phenolic OH excluding ortho intramolecular Hbond substituents is 3. The number of hydrogen-bond acceptors (Lipinski definition) is 6. The summed E-state index contributed by atoms with van der Waals surface area (Å²) < 4.78 is 5.76. The normalized spacial score (nSPS) is 19.0. The van der Waals surface area contributed by atoms with Crippen molar-refractivity contribution >= 4 is 5.71 Å². The molecule has 0 saturated carbocycles. The third kappa shape index (κ3) is 2.31. The molecule has 6 nitrogen and oxygen atoms in total. The van der Waals surface area contributed by atoms with E-state index in [-0.39, 0.29) is 40.7 Å². The van der Waals surface area contributed by atoms with Gasteiger partial charge in [0.25, 0.3) is 0 Å². The second-order valence-electron chi connectivity index (χ2n) is 4.79. The van der Waals surface area contributed by atoms with E-state index in [4.69, 9.17) is 9.94 Å². The van der Waals surface area contributed by atoms with Crippen LogP contribution in [-0.4, -0.2) is 26.2 Å². The van der Waals surface area contributed by atoms with Crippen LogP contribution < -0.4 is 4.74 Å². The lowest BCUT2D eigenvalue weighted by Gasteiger charge is -2.27. The van der Waals surface area contributed by atoms with Gasteiger partial charge in [0.2, 0.25) is 0 Å². The number of aromatic hydroxyl groups is 3. The van der Waals surface area contributed by atoms with Crippen molar-refractivity contribution in [2.45, 2.75) is 12.5 Å². The number of rotatable bonds is 1. The Hall–Kier alpha value is -2.89. The van der Waals surface area contributed by atoms with Gasteiger partial charge in [-0.2, -0.15) is 0 Å². The maximum absolute atomic E-state index is 9.87. The smallest absolute Gasteiger partial charge is 0.136 e. The average Bonchev–Trinajstić information content (AvgIpc) is 2.46. The summed E-state index contributed by atoms with van der Waals surface area (Å²) in [6.07, 6.45) is -0.183. The second kappa shape index (κ2) is 4.90. The maximum Gasteiger partial charge on any atom is 0.136 e. The number of hydrogen-bond donors (Lipinski definition) is 4. The first-order chi connectivity index (χ1) is 10.1. The molecule has 21 heavy (non-hydrogen) atoms. The number of oxime groups is 1. The third-order valence-electron chi connectivity index (χ3n) is 3.39. The fourth-order valence-electron chi connectivity index (χ4n) is 2.41. The van der Waals surface area contributed by atoms with Crippen LogP contribution in [0.1, 0.15) is 23.7 Å². The molecule has 0 aromatic heterocycles. The van der Waals surface area contributed by atoms with Gasteiger partial charge in [-0.3, -0.25) is 0 Å². The van der Waals surface area contributed by atoms with Crippen molar-refractivity contribution in [3.63, 3.8) is 0 Å². The Morgan fingerprint density at radius 1 is 1.00 bits per heavy atom. The molecule has 108 valence electrons. The van der Waals surface area contributed by atoms with E-state index >= 15 is 0 Å². The summed E-state index contributed by atoms with van der Waals surface area (Å²) in [5.41, 5.74) is 1.32. The summed E-state index contributed by atoms with van der Waals surface area (Å²) in [4.78, 5) is 0. The molecule has 1 aliphatic rings. The summed E-state index contributed by atoms with van der Waals surface area (Å²) in [6.45, 7) is 0. The van der Waals surface area contributed by atoms with Crippen molar-refractivity contribution < 1.29 is 25.3 Å². The van der Waals surface area contributed by atoms with Crippen molar-refractivity contribution in [2.24, 2.45) is 5.16 Å². The molecule has 3 rings (SSSR count). The first kappa shape index (κ1) is 13.1. The number of nitrogens with zero attached hydrogens (tertiary/aromatic N) is 1. The highest BCUT2D eigenvalue weighted by molar-refractivity contribution is 6.06. The predicted octanol–water partition coefficient (Wildman–Crippen LogP) is 2.51. The van der Waals surface area contributed by atoms with E-state index in [9.17, 15) is 15.3 Å². The molecule has 1 aliphatic heterocycles. The first-order valence-corrected chi connectivity index (χ1v) is 6.31. The van der Waals surface area contributed by atoms with Crippen LogP contribution in [0.15, 0.2) is 41.6 Å². The number of phenols is 3. The lowest BCUT2D eigenvalue weighted by molar-refractivity contribution is 0.200. The van der Waals surface area contributed by atoms with Crippen LogP contribution in [0.25, 0.3) is 0 Å². The lowest BCUT2D eigenvalue weighted by atomic mass is 9.95. The van der Waals surface area contributed by atoms with Gasteiger partial charge in [-0.15, -0.1) is 0 Å². The lowest BCUT2D eigenvalue weighted by Crippen LogP contribution is -2.21. The minimum atomic E-state index is -0.440. The number of fused-ring (bicyclic) bond motifs is 1. The SMILES string of the molecule is O/N=C1/CC(c2ccc(O)cc2)Oc2cc(O)cc(O)c21. The quantitative estimate of drug-likeness (QED) is 0.476. The van der Waals surface area contributed by atoms with Crippen LogP contribution in [0.4, 0.5) is 0 Å².